The summed E-state index contributed by atoms with van der Waals surface area (Å²) in [5.41, 5.74) is 0. The molecule has 2 atom stereocenters. The van der Waals surface area contributed by atoms with Crippen LogP contribution in [0.4, 0.5) is 4.39 Å². The normalized spacial score (nSPS) is 31.7. The molecule has 0 amide bonds. The summed E-state index contributed by atoms with van der Waals surface area (Å²) in [5, 5.41) is 0. The summed E-state index contributed by atoms with van der Waals surface area (Å²) in [5.74, 6) is 0.288. The van der Waals surface area contributed by atoms with Crippen LogP contribution < -0.4 is 0 Å². The maximum absolute atomic E-state index is 12.5. The second kappa shape index (κ2) is 3.47. The molecule has 0 aromatic rings. The predicted molar refractivity (Wildman–Crippen MR) is 35.2 cm³/mol. The summed E-state index contributed by atoms with van der Waals surface area (Å²) in [6.07, 6.45) is 2.88. The molecule has 1 saturated carbocycles. The molecule has 0 N–H and O–H groups in total. The molecule has 3 heteroatoms. The highest BCUT2D eigenvalue weighted by Crippen LogP contribution is 2.27. The van der Waals surface area contributed by atoms with E-state index in [4.69, 9.17) is 0 Å². The van der Waals surface area contributed by atoms with Crippen molar-refractivity contribution < 1.29 is 9.18 Å². The summed E-state index contributed by atoms with van der Waals surface area (Å²) in [6.45, 7) is 0.462. The molecular formula is C7H10FNO. The number of alkyl halides is 1. The number of isocyanates is 1. The first-order valence-electron chi connectivity index (χ1n) is 3.50. The van der Waals surface area contributed by atoms with E-state index >= 15 is 0 Å². The second-order valence-electron chi connectivity index (χ2n) is 2.71. The maximum atomic E-state index is 12.5. The van der Waals surface area contributed by atoms with Gasteiger partial charge in [-0.3, -0.25) is 0 Å². The third-order valence-corrected chi connectivity index (χ3v) is 1.89. The highest BCUT2D eigenvalue weighted by molar-refractivity contribution is 5.32. The third-order valence-electron chi connectivity index (χ3n) is 1.89. The maximum Gasteiger partial charge on any atom is 0.234 e. The Bertz CT molecular complexity index is 154. The molecule has 1 rings (SSSR count). The van der Waals surface area contributed by atoms with Crippen molar-refractivity contribution in [3.63, 3.8) is 0 Å². The van der Waals surface area contributed by atoms with Crippen LogP contribution in [-0.4, -0.2) is 18.8 Å². The minimum atomic E-state index is -0.660. The topological polar surface area (TPSA) is 29.4 Å². The van der Waals surface area contributed by atoms with Crippen molar-refractivity contribution in [2.45, 2.75) is 25.4 Å². The quantitative estimate of drug-likeness (QED) is 0.425. The van der Waals surface area contributed by atoms with Crippen LogP contribution >= 0.6 is 0 Å². The number of rotatable bonds is 2. The van der Waals surface area contributed by atoms with Gasteiger partial charge in [-0.1, -0.05) is 0 Å². The van der Waals surface area contributed by atoms with Gasteiger partial charge in [0, 0.05) is 0 Å². The standard InChI is InChI=1S/C7H10FNO/c8-7-2-1-6(3-7)4-9-5-10/h6-7H,1-4H2. The van der Waals surface area contributed by atoms with E-state index < -0.39 is 6.17 Å². The molecule has 1 aliphatic rings. The van der Waals surface area contributed by atoms with Gasteiger partial charge >= 0.3 is 0 Å². The highest BCUT2D eigenvalue weighted by atomic mass is 19.1. The molecule has 0 radical (unpaired) electrons. The average molecular weight is 143 g/mol. The van der Waals surface area contributed by atoms with Gasteiger partial charge in [-0.25, -0.2) is 14.2 Å². The van der Waals surface area contributed by atoms with Crippen molar-refractivity contribution in [2.24, 2.45) is 10.9 Å². The van der Waals surface area contributed by atoms with Crippen LogP contribution in [0.15, 0.2) is 4.99 Å². The van der Waals surface area contributed by atoms with Crippen molar-refractivity contribution in [3.8, 4) is 0 Å². The fourth-order valence-electron chi connectivity index (χ4n) is 1.35. The molecule has 1 aliphatic carbocycles. The molecule has 2 unspecified atom stereocenters. The van der Waals surface area contributed by atoms with Gasteiger partial charge in [-0.2, -0.15) is 0 Å². The first-order chi connectivity index (χ1) is 4.83. The number of nitrogens with zero attached hydrogens (tertiary/aromatic N) is 1. The van der Waals surface area contributed by atoms with Crippen LogP contribution in [0, 0.1) is 5.92 Å². The molecule has 0 aromatic carbocycles. The second-order valence-corrected chi connectivity index (χ2v) is 2.71. The largest absolute Gasteiger partial charge is 0.247 e. The number of aliphatic imine (C=N–C) groups is 1. The SMILES string of the molecule is O=C=NCC1CCC(F)C1. The van der Waals surface area contributed by atoms with Crippen LogP contribution in [-0.2, 0) is 4.79 Å². The van der Waals surface area contributed by atoms with Crippen LogP contribution in [0.1, 0.15) is 19.3 Å². The Kier molecular flexibility index (Phi) is 2.57. The number of carbonyl (C=O) groups excluding carboxylic acids is 1. The van der Waals surface area contributed by atoms with Gasteiger partial charge in [0.1, 0.15) is 6.17 Å². The van der Waals surface area contributed by atoms with Gasteiger partial charge in [0.15, 0.2) is 0 Å². The van der Waals surface area contributed by atoms with Crippen LogP contribution in [0.5, 0.6) is 0 Å². The summed E-state index contributed by atoms with van der Waals surface area (Å²) in [7, 11) is 0. The Morgan fingerprint density at radius 1 is 1.60 bits per heavy atom. The Morgan fingerprint density at radius 3 is 2.90 bits per heavy atom. The average Bonchev–Trinajstić information content (AvgIpc) is 2.31. The van der Waals surface area contributed by atoms with E-state index in [2.05, 4.69) is 4.99 Å². The molecule has 0 heterocycles. The van der Waals surface area contributed by atoms with Crippen LogP contribution in [0.25, 0.3) is 0 Å². The molecular weight excluding hydrogens is 133 g/mol. The van der Waals surface area contributed by atoms with Crippen LogP contribution in [0.3, 0.4) is 0 Å². The van der Waals surface area contributed by atoms with Gasteiger partial charge in [0.05, 0.1) is 6.54 Å². The van der Waals surface area contributed by atoms with Crippen molar-refractivity contribution in [2.75, 3.05) is 6.54 Å². The van der Waals surface area contributed by atoms with Gasteiger partial charge in [-0.05, 0) is 25.2 Å². The lowest BCUT2D eigenvalue weighted by Crippen LogP contribution is -1.99. The lowest BCUT2D eigenvalue weighted by Gasteiger charge is -2.00. The van der Waals surface area contributed by atoms with E-state index in [9.17, 15) is 9.18 Å². The van der Waals surface area contributed by atoms with E-state index in [1.54, 1.807) is 0 Å². The van der Waals surface area contributed by atoms with E-state index in [1.807, 2.05) is 0 Å². The molecule has 0 bridgehead atoms. The molecule has 2 nitrogen and oxygen atoms in total. The van der Waals surface area contributed by atoms with Crippen molar-refractivity contribution in [1.82, 2.24) is 0 Å². The Hall–Kier alpha value is -0.690. The fraction of sp³-hybridized carbons (Fsp3) is 0.857. The lowest BCUT2D eigenvalue weighted by atomic mass is 10.1. The van der Waals surface area contributed by atoms with E-state index in [0.29, 0.717) is 19.4 Å². The minimum absolute atomic E-state index is 0.288. The van der Waals surface area contributed by atoms with Gasteiger partial charge in [0.25, 0.3) is 0 Å². The van der Waals surface area contributed by atoms with E-state index in [0.717, 1.165) is 6.42 Å². The number of halogens is 1. The van der Waals surface area contributed by atoms with E-state index in [-0.39, 0.29) is 5.92 Å². The first-order valence-corrected chi connectivity index (χ1v) is 3.50. The Labute approximate surface area is 59.1 Å². The molecule has 0 aromatic heterocycles. The minimum Gasteiger partial charge on any atom is -0.247 e. The monoisotopic (exact) mass is 143 g/mol. The zero-order chi connectivity index (χ0) is 7.40. The number of hydrogen-bond donors (Lipinski definition) is 0. The lowest BCUT2D eigenvalue weighted by molar-refractivity contribution is 0.332. The summed E-state index contributed by atoms with van der Waals surface area (Å²) in [4.78, 5) is 13.1. The summed E-state index contributed by atoms with van der Waals surface area (Å²) >= 11 is 0. The number of hydrogen-bond acceptors (Lipinski definition) is 2. The fourth-order valence-corrected chi connectivity index (χ4v) is 1.35. The van der Waals surface area contributed by atoms with Gasteiger partial charge in [0.2, 0.25) is 6.08 Å². The zero-order valence-corrected chi connectivity index (χ0v) is 5.72. The van der Waals surface area contributed by atoms with Crippen molar-refractivity contribution >= 4 is 6.08 Å². The third kappa shape index (κ3) is 1.92. The molecule has 1 fully saturated rings. The highest BCUT2D eigenvalue weighted by Gasteiger charge is 2.23. The predicted octanol–water partition coefficient (Wildman–Crippen LogP) is 1.46. The summed E-state index contributed by atoms with van der Waals surface area (Å²) < 4.78 is 12.5. The Balaban J connectivity index is 2.24. The summed E-state index contributed by atoms with van der Waals surface area (Å²) in [6, 6.07) is 0. The molecule has 0 saturated heterocycles. The van der Waals surface area contributed by atoms with Crippen LogP contribution in [0.2, 0.25) is 0 Å². The smallest absolute Gasteiger partial charge is 0.234 e. The molecule has 0 aliphatic heterocycles. The first kappa shape index (κ1) is 7.42. The van der Waals surface area contributed by atoms with Crippen molar-refractivity contribution in [3.05, 3.63) is 0 Å². The Morgan fingerprint density at radius 2 is 2.40 bits per heavy atom. The molecule has 0 spiro atoms. The molecule has 56 valence electrons. The zero-order valence-electron chi connectivity index (χ0n) is 5.72. The van der Waals surface area contributed by atoms with E-state index in [1.165, 1.54) is 6.08 Å². The van der Waals surface area contributed by atoms with Crippen molar-refractivity contribution in [1.29, 1.82) is 0 Å². The van der Waals surface area contributed by atoms with Gasteiger partial charge < -0.3 is 0 Å². The van der Waals surface area contributed by atoms with Gasteiger partial charge in [-0.15, -0.1) is 0 Å². The molecule has 10 heavy (non-hydrogen) atoms.